The SMILES string of the molecule is O=C(O)C1Cc2nc[nH]c2CN1Cc1cc2c(cc1Cl)OCO2. The molecule has 1 unspecified atom stereocenters. The fraction of sp³-hybridized carbons (Fsp3) is 0.333. The third kappa shape index (κ3) is 2.51. The summed E-state index contributed by atoms with van der Waals surface area (Å²) in [6, 6.07) is 2.89. The van der Waals surface area contributed by atoms with Crippen LogP contribution < -0.4 is 9.47 Å². The molecule has 0 aliphatic carbocycles. The van der Waals surface area contributed by atoms with E-state index in [0.717, 1.165) is 17.0 Å². The minimum Gasteiger partial charge on any atom is -0.480 e. The number of benzene rings is 1. The lowest BCUT2D eigenvalue weighted by Gasteiger charge is -2.32. The van der Waals surface area contributed by atoms with Gasteiger partial charge in [0.25, 0.3) is 0 Å². The molecular formula is C15H14ClN3O4. The zero-order chi connectivity index (χ0) is 16.0. The highest BCUT2D eigenvalue weighted by molar-refractivity contribution is 6.31. The number of hydrogen-bond donors (Lipinski definition) is 2. The summed E-state index contributed by atoms with van der Waals surface area (Å²) >= 11 is 6.30. The molecule has 1 aromatic heterocycles. The minimum absolute atomic E-state index is 0.175. The predicted molar refractivity (Wildman–Crippen MR) is 80.5 cm³/mol. The van der Waals surface area contributed by atoms with Crippen molar-refractivity contribution in [1.29, 1.82) is 0 Å². The van der Waals surface area contributed by atoms with Crippen LogP contribution in [0.5, 0.6) is 11.5 Å². The molecule has 8 heteroatoms. The Balaban J connectivity index is 1.63. The molecule has 0 saturated heterocycles. The average molecular weight is 336 g/mol. The maximum atomic E-state index is 11.6. The molecule has 0 bridgehead atoms. The van der Waals surface area contributed by atoms with E-state index in [-0.39, 0.29) is 6.79 Å². The number of carboxylic acids is 1. The van der Waals surface area contributed by atoms with Gasteiger partial charge in [0.05, 0.1) is 17.7 Å². The number of aliphatic carboxylic acids is 1. The molecule has 0 radical (unpaired) electrons. The number of nitrogens with one attached hydrogen (secondary N) is 1. The Morgan fingerprint density at radius 2 is 2.22 bits per heavy atom. The summed E-state index contributed by atoms with van der Waals surface area (Å²) in [5.41, 5.74) is 2.56. The molecular weight excluding hydrogens is 322 g/mol. The van der Waals surface area contributed by atoms with Gasteiger partial charge in [-0.2, -0.15) is 0 Å². The van der Waals surface area contributed by atoms with Crippen molar-refractivity contribution in [3.05, 3.63) is 40.4 Å². The van der Waals surface area contributed by atoms with Gasteiger partial charge in [-0.15, -0.1) is 0 Å². The molecule has 2 aromatic rings. The van der Waals surface area contributed by atoms with Crippen molar-refractivity contribution in [2.75, 3.05) is 6.79 Å². The van der Waals surface area contributed by atoms with Gasteiger partial charge in [-0.25, -0.2) is 4.98 Å². The first-order valence-electron chi connectivity index (χ1n) is 7.18. The van der Waals surface area contributed by atoms with Crippen molar-refractivity contribution in [2.24, 2.45) is 0 Å². The van der Waals surface area contributed by atoms with E-state index in [0.29, 0.717) is 36.0 Å². The first kappa shape index (κ1) is 14.3. The Hall–Kier alpha value is -2.25. The number of aromatic amines is 1. The Bertz CT molecular complexity index is 776. The molecule has 2 N–H and O–H groups in total. The second-order valence-electron chi connectivity index (χ2n) is 5.59. The lowest BCUT2D eigenvalue weighted by molar-refractivity contribution is -0.144. The highest BCUT2D eigenvalue weighted by Crippen LogP contribution is 2.37. The Morgan fingerprint density at radius 3 is 3.00 bits per heavy atom. The summed E-state index contributed by atoms with van der Waals surface area (Å²) < 4.78 is 10.7. The number of nitrogens with zero attached hydrogens (tertiary/aromatic N) is 2. The molecule has 0 amide bonds. The monoisotopic (exact) mass is 335 g/mol. The fourth-order valence-corrected chi connectivity index (χ4v) is 3.21. The van der Waals surface area contributed by atoms with Gasteiger partial charge in [0.2, 0.25) is 6.79 Å². The smallest absolute Gasteiger partial charge is 0.321 e. The summed E-state index contributed by atoms with van der Waals surface area (Å²) in [6.07, 6.45) is 1.97. The van der Waals surface area contributed by atoms with Crippen LogP contribution in [-0.2, 0) is 24.3 Å². The average Bonchev–Trinajstić information content (AvgIpc) is 3.14. The van der Waals surface area contributed by atoms with Gasteiger partial charge < -0.3 is 19.6 Å². The van der Waals surface area contributed by atoms with E-state index < -0.39 is 12.0 Å². The summed E-state index contributed by atoms with van der Waals surface area (Å²) in [5.74, 6) is 0.383. The third-order valence-corrected chi connectivity index (χ3v) is 4.55. The number of imidazole rings is 1. The molecule has 0 fully saturated rings. The fourth-order valence-electron chi connectivity index (χ4n) is 3.00. The molecule has 1 aromatic carbocycles. The molecule has 2 aliphatic heterocycles. The van der Waals surface area contributed by atoms with Gasteiger partial charge in [-0.3, -0.25) is 9.69 Å². The predicted octanol–water partition coefficient (Wildman–Crippen LogP) is 1.80. The van der Waals surface area contributed by atoms with E-state index in [2.05, 4.69) is 9.97 Å². The van der Waals surface area contributed by atoms with Gasteiger partial charge >= 0.3 is 5.97 Å². The molecule has 1 atom stereocenters. The zero-order valence-corrected chi connectivity index (χ0v) is 12.8. The lowest BCUT2D eigenvalue weighted by Crippen LogP contribution is -2.45. The van der Waals surface area contributed by atoms with E-state index >= 15 is 0 Å². The van der Waals surface area contributed by atoms with E-state index in [1.807, 2.05) is 11.0 Å². The number of H-pyrrole nitrogens is 1. The molecule has 23 heavy (non-hydrogen) atoms. The standard InChI is InChI=1S/C15H14ClN3O4/c16-9-2-14-13(22-7-23-14)1-8(9)4-19-5-11-10(17-6-18-11)3-12(19)15(20)21/h1-2,6,12H,3-5,7H2,(H,17,18)(H,20,21). The second-order valence-corrected chi connectivity index (χ2v) is 6.00. The number of aromatic nitrogens is 2. The molecule has 120 valence electrons. The molecule has 0 saturated carbocycles. The number of halogens is 1. The van der Waals surface area contributed by atoms with Crippen molar-refractivity contribution >= 4 is 17.6 Å². The van der Waals surface area contributed by atoms with Crippen LogP contribution in [0.25, 0.3) is 0 Å². The van der Waals surface area contributed by atoms with Crippen molar-refractivity contribution in [3.63, 3.8) is 0 Å². The van der Waals surface area contributed by atoms with Crippen molar-refractivity contribution < 1.29 is 19.4 Å². The minimum atomic E-state index is -0.865. The topological polar surface area (TPSA) is 87.7 Å². The number of rotatable bonds is 3. The van der Waals surface area contributed by atoms with Crippen LogP contribution in [0.2, 0.25) is 5.02 Å². The van der Waals surface area contributed by atoms with Crippen molar-refractivity contribution in [2.45, 2.75) is 25.6 Å². The first-order valence-corrected chi connectivity index (χ1v) is 7.55. The van der Waals surface area contributed by atoms with Gasteiger partial charge in [-0.1, -0.05) is 11.6 Å². The maximum absolute atomic E-state index is 11.6. The van der Waals surface area contributed by atoms with E-state index in [1.54, 1.807) is 12.4 Å². The maximum Gasteiger partial charge on any atom is 0.321 e. The summed E-state index contributed by atoms with van der Waals surface area (Å²) in [4.78, 5) is 20.7. The van der Waals surface area contributed by atoms with Crippen LogP contribution >= 0.6 is 11.6 Å². The number of carboxylic acid groups (broad SMARTS) is 1. The molecule has 2 aliphatic rings. The summed E-state index contributed by atoms with van der Waals surface area (Å²) in [6.45, 7) is 1.07. The molecule has 0 spiro atoms. The molecule has 3 heterocycles. The summed E-state index contributed by atoms with van der Waals surface area (Å²) in [5, 5.41) is 10.1. The Labute approximate surface area is 136 Å². The molecule has 7 nitrogen and oxygen atoms in total. The molecule has 4 rings (SSSR count). The van der Waals surface area contributed by atoms with Gasteiger partial charge in [0.15, 0.2) is 11.5 Å². The van der Waals surface area contributed by atoms with Crippen LogP contribution in [-0.4, -0.2) is 38.8 Å². The third-order valence-electron chi connectivity index (χ3n) is 4.20. The van der Waals surface area contributed by atoms with Gasteiger partial charge in [0.1, 0.15) is 6.04 Å². The van der Waals surface area contributed by atoms with E-state index in [4.69, 9.17) is 21.1 Å². The largest absolute Gasteiger partial charge is 0.480 e. The van der Waals surface area contributed by atoms with Gasteiger partial charge in [-0.05, 0) is 11.6 Å². The van der Waals surface area contributed by atoms with Gasteiger partial charge in [0, 0.05) is 30.6 Å². The lowest BCUT2D eigenvalue weighted by atomic mass is 10.0. The highest BCUT2D eigenvalue weighted by Gasteiger charge is 2.33. The summed E-state index contributed by atoms with van der Waals surface area (Å²) in [7, 11) is 0. The highest BCUT2D eigenvalue weighted by atomic mass is 35.5. The van der Waals surface area contributed by atoms with E-state index in [1.165, 1.54) is 0 Å². The quantitative estimate of drug-likeness (QED) is 0.889. The normalized spacial score (nSPS) is 19.6. The van der Waals surface area contributed by atoms with Crippen LogP contribution in [0, 0.1) is 0 Å². The Kier molecular flexibility index (Phi) is 3.39. The number of ether oxygens (including phenoxy) is 2. The van der Waals surface area contributed by atoms with Crippen LogP contribution in [0.3, 0.4) is 0 Å². The zero-order valence-electron chi connectivity index (χ0n) is 12.1. The number of fused-ring (bicyclic) bond motifs is 2. The first-order chi connectivity index (χ1) is 11.1. The van der Waals surface area contributed by atoms with Crippen LogP contribution in [0.15, 0.2) is 18.5 Å². The second kappa shape index (κ2) is 5.43. The number of hydrogen-bond acceptors (Lipinski definition) is 5. The van der Waals surface area contributed by atoms with Crippen molar-refractivity contribution in [1.82, 2.24) is 14.9 Å². The Morgan fingerprint density at radius 1 is 1.43 bits per heavy atom. The number of carbonyl (C=O) groups is 1. The van der Waals surface area contributed by atoms with Crippen LogP contribution in [0.4, 0.5) is 0 Å². The van der Waals surface area contributed by atoms with Crippen LogP contribution in [0.1, 0.15) is 17.0 Å². The van der Waals surface area contributed by atoms with Crippen molar-refractivity contribution in [3.8, 4) is 11.5 Å². The van der Waals surface area contributed by atoms with E-state index in [9.17, 15) is 9.90 Å².